The van der Waals surface area contributed by atoms with Crippen LogP contribution in [0.25, 0.3) is 0 Å². The fraction of sp³-hybridized carbons (Fsp3) is 0.538. The Bertz CT molecular complexity index is 337. The Labute approximate surface area is 120 Å². The molecule has 0 spiro atoms. The van der Waals surface area contributed by atoms with Gasteiger partial charge in [-0.15, -0.1) is 0 Å². The monoisotopic (exact) mass is 363 g/mol. The zero-order chi connectivity index (χ0) is 12.8. The lowest BCUT2D eigenvalue weighted by Gasteiger charge is -2.24. The van der Waals surface area contributed by atoms with E-state index in [-0.39, 0.29) is 0 Å². The van der Waals surface area contributed by atoms with Gasteiger partial charge in [0.15, 0.2) is 0 Å². The summed E-state index contributed by atoms with van der Waals surface area (Å²) >= 11 is 7.06. The van der Waals surface area contributed by atoms with Crippen molar-refractivity contribution in [2.75, 3.05) is 20.8 Å². The minimum Gasteiger partial charge on any atom is -0.385 e. The molecule has 1 aromatic rings. The van der Waals surface area contributed by atoms with Gasteiger partial charge in [0.05, 0.1) is 0 Å². The SMILES string of the molecule is CNC(c1cc(Br)cc(Br)c1)C(C)CCOC. The van der Waals surface area contributed by atoms with E-state index in [1.165, 1.54) is 5.56 Å². The van der Waals surface area contributed by atoms with Crippen LogP contribution in [0.1, 0.15) is 24.9 Å². The Kier molecular flexibility index (Phi) is 6.70. The lowest BCUT2D eigenvalue weighted by molar-refractivity contribution is 0.171. The second kappa shape index (κ2) is 7.52. The van der Waals surface area contributed by atoms with Gasteiger partial charge in [-0.2, -0.15) is 0 Å². The molecule has 0 amide bonds. The fourth-order valence-electron chi connectivity index (χ4n) is 2.00. The van der Waals surface area contributed by atoms with Crippen LogP contribution < -0.4 is 5.32 Å². The molecule has 0 aliphatic rings. The van der Waals surface area contributed by atoms with Gasteiger partial charge in [0.1, 0.15) is 0 Å². The molecule has 0 fully saturated rings. The third-order valence-electron chi connectivity index (χ3n) is 2.90. The van der Waals surface area contributed by atoms with E-state index >= 15 is 0 Å². The maximum Gasteiger partial charge on any atom is 0.0465 e. The predicted molar refractivity (Wildman–Crippen MR) is 79.3 cm³/mol. The first-order valence-electron chi connectivity index (χ1n) is 5.70. The van der Waals surface area contributed by atoms with Gasteiger partial charge < -0.3 is 10.1 Å². The Balaban J connectivity index is 2.84. The lowest BCUT2D eigenvalue weighted by Crippen LogP contribution is -2.24. The number of hydrogen-bond acceptors (Lipinski definition) is 2. The molecule has 4 heteroatoms. The summed E-state index contributed by atoms with van der Waals surface area (Å²) in [5, 5.41) is 3.38. The van der Waals surface area contributed by atoms with E-state index in [1.807, 2.05) is 7.05 Å². The number of methoxy groups -OCH3 is 1. The average Bonchev–Trinajstić information content (AvgIpc) is 2.26. The van der Waals surface area contributed by atoms with Gasteiger partial charge in [-0.25, -0.2) is 0 Å². The molecule has 0 bridgehead atoms. The minimum atomic E-state index is 0.346. The molecule has 1 N–H and O–H groups in total. The van der Waals surface area contributed by atoms with Crippen LogP contribution in [-0.4, -0.2) is 20.8 Å². The van der Waals surface area contributed by atoms with Gasteiger partial charge in [-0.1, -0.05) is 38.8 Å². The van der Waals surface area contributed by atoms with Crippen LogP contribution in [0.4, 0.5) is 0 Å². The summed E-state index contributed by atoms with van der Waals surface area (Å²) in [4.78, 5) is 0. The first kappa shape index (κ1) is 15.2. The summed E-state index contributed by atoms with van der Waals surface area (Å²) < 4.78 is 7.34. The molecule has 0 aromatic heterocycles. The number of hydrogen-bond donors (Lipinski definition) is 1. The molecular weight excluding hydrogens is 346 g/mol. The van der Waals surface area contributed by atoms with Gasteiger partial charge in [0.25, 0.3) is 0 Å². The Morgan fingerprint density at radius 3 is 2.29 bits per heavy atom. The third kappa shape index (κ3) is 4.70. The number of rotatable bonds is 6. The second-order valence-corrected chi connectivity index (χ2v) is 6.06. The molecule has 2 nitrogen and oxygen atoms in total. The molecule has 0 aliphatic heterocycles. The quantitative estimate of drug-likeness (QED) is 0.818. The first-order chi connectivity index (χ1) is 8.08. The molecule has 1 rings (SSSR count). The van der Waals surface area contributed by atoms with Gasteiger partial charge in [0.2, 0.25) is 0 Å². The molecule has 2 atom stereocenters. The van der Waals surface area contributed by atoms with Crippen LogP contribution in [-0.2, 0) is 4.74 Å². The molecule has 0 radical (unpaired) electrons. The minimum absolute atomic E-state index is 0.346. The smallest absolute Gasteiger partial charge is 0.0465 e. The summed E-state index contributed by atoms with van der Waals surface area (Å²) in [5.41, 5.74) is 1.29. The number of halogens is 2. The third-order valence-corrected chi connectivity index (χ3v) is 3.82. The van der Waals surface area contributed by atoms with E-state index in [4.69, 9.17) is 4.74 Å². The van der Waals surface area contributed by atoms with Gasteiger partial charge in [-0.05, 0) is 43.1 Å². The standard InChI is InChI=1S/C13H19Br2NO/c1-9(4-5-17-3)13(16-2)10-6-11(14)8-12(15)7-10/h6-9,13,16H,4-5H2,1-3H3. The van der Waals surface area contributed by atoms with E-state index in [0.717, 1.165) is 22.0 Å². The van der Waals surface area contributed by atoms with E-state index < -0.39 is 0 Å². The predicted octanol–water partition coefficient (Wildman–Crippen LogP) is 4.14. The Hall–Kier alpha value is 0.1000. The Morgan fingerprint density at radius 2 is 1.82 bits per heavy atom. The molecule has 0 aliphatic carbocycles. The molecule has 1 aromatic carbocycles. The van der Waals surface area contributed by atoms with Crippen LogP contribution in [0, 0.1) is 5.92 Å². The number of nitrogens with one attached hydrogen (secondary N) is 1. The summed E-state index contributed by atoms with van der Waals surface area (Å²) in [6.07, 6.45) is 1.05. The van der Waals surface area contributed by atoms with E-state index in [2.05, 4.69) is 62.3 Å². The van der Waals surface area contributed by atoms with Crippen molar-refractivity contribution in [2.24, 2.45) is 5.92 Å². The van der Waals surface area contributed by atoms with E-state index in [9.17, 15) is 0 Å². The maximum atomic E-state index is 5.14. The molecule has 17 heavy (non-hydrogen) atoms. The molecule has 0 saturated heterocycles. The lowest BCUT2D eigenvalue weighted by atomic mass is 9.92. The van der Waals surface area contributed by atoms with Crippen molar-refractivity contribution in [3.8, 4) is 0 Å². The van der Waals surface area contributed by atoms with Gasteiger partial charge >= 0.3 is 0 Å². The van der Waals surface area contributed by atoms with E-state index in [0.29, 0.717) is 12.0 Å². The van der Waals surface area contributed by atoms with Crippen molar-refractivity contribution in [3.63, 3.8) is 0 Å². The van der Waals surface area contributed by atoms with Crippen LogP contribution in [0.5, 0.6) is 0 Å². The zero-order valence-corrected chi connectivity index (χ0v) is 13.6. The van der Waals surface area contributed by atoms with Crippen LogP contribution >= 0.6 is 31.9 Å². The topological polar surface area (TPSA) is 21.3 Å². The van der Waals surface area contributed by atoms with Crippen LogP contribution in [0.3, 0.4) is 0 Å². The highest BCUT2D eigenvalue weighted by atomic mass is 79.9. The van der Waals surface area contributed by atoms with Crippen molar-refractivity contribution in [1.29, 1.82) is 0 Å². The number of ether oxygens (including phenoxy) is 1. The maximum absolute atomic E-state index is 5.14. The van der Waals surface area contributed by atoms with Crippen molar-refractivity contribution in [1.82, 2.24) is 5.32 Å². The first-order valence-corrected chi connectivity index (χ1v) is 7.29. The average molecular weight is 365 g/mol. The van der Waals surface area contributed by atoms with Crippen molar-refractivity contribution in [3.05, 3.63) is 32.7 Å². The van der Waals surface area contributed by atoms with Crippen LogP contribution in [0.2, 0.25) is 0 Å². The molecule has 0 saturated carbocycles. The molecule has 96 valence electrons. The summed E-state index contributed by atoms with van der Waals surface area (Å²) in [5.74, 6) is 0.529. The summed E-state index contributed by atoms with van der Waals surface area (Å²) in [6, 6.07) is 6.72. The van der Waals surface area contributed by atoms with Gasteiger partial charge in [0, 0.05) is 28.7 Å². The largest absolute Gasteiger partial charge is 0.385 e. The highest BCUT2D eigenvalue weighted by Gasteiger charge is 2.18. The van der Waals surface area contributed by atoms with Crippen molar-refractivity contribution >= 4 is 31.9 Å². The molecular formula is C13H19Br2NO. The van der Waals surface area contributed by atoms with Gasteiger partial charge in [-0.3, -0.25) is 0 Å². The van der Waals surface area contributed by atoms with E-state index in [1.54, 1.807) is 7.11 Å². The summed E-state index contributed by atoms with van der Waals surface area (Å²) in [7, 11) is 3.75. The van der Waals surface area contributed by atoms with Crippen molar-refractivity contribution < 1.29 is 4.74 Å². The number of benzene rings is 1. The normalized spacial score (nSPS) is 14.6. The molecule has 0 heterocycles. The molecule has 2 unspecified atom stereocenters. The Morgan fingerprint density at radius 1 is 1.24 bits per heavy atom. The second-order valence-electron chi connectivity index (χ2n) is 4.23. The highest BCUT2D eigenvalue weighted by Crippen LogP contribution is 2.29. The van der Waals surface area contributed by atoms with Crippen molar-refractivity contribution in [2.45, 2.75) is 19.4 Å². The fourth-order valence-corrected chi connectivity index (χ4v) is 3.33. The summed E-state index contributed by atoms with van der Waals surface area (Å²) in [6.45, 7) is 3.05. The highest BCUT2D eigenvalue weighted by molar-refractivity contribution is 9.11. The zero-order valence-electron chi connectivity index (χ0n) is 10.5. The van der Waals surface area contributed by atoms with Crippen LogP contribution in [0.15, 0.2) is 27.1 Å².